The maximum atomic E-state index is 13.3. The molecule has 5 heteroatoms. The normalized spacial score (nSPS) is 11.8. The number of benzene rings is 1. The van der Waals surface area contributed by atoms with Gasteiger partial charge in [-0.2, -0.15) is 0 Å². The van der Waals surface area contributed by atoms with E-state index in [0.717, 1.165) is 0 Å². The van der Waals surface area contributed by atoms with E-state index in [-0.39, 0.29) is 5.82 Å². The summed E-state index contributed by atoms with van der Waals surface area (Å²) in [5.41, 5.74) is 0.317. The van der Waals surface area contributed by atoms with Crippen molar-refractivity contribution >= 4 is 26.1 Å². The maximum absolute atomic E-state index is 13.3. The van der Waals surface area contributed by atoms with Gasteiger partial charge in [-0.1, -0.05) is 11.6 Å². The van der Waals surface area contributed by atoms with Crippen LogP contribution in [0.15, 0.2) is 35.7 Å². The average Bonchev–Trinajstić information content (AvgIpc) is 2.17. The molecule has 92 valence electrons. The van der Waals surface area contributed by atoms with E-state index in [9.17, 15) is 4.39 Å². The Hall–Kier alpha value is -1.13. The van der Waals surface area contributed by atoms with Crippen molar-refractivity contribution in [1.29, 1.82) is 0 Å². The maximum Gasteiger partial charge on any atom is 0.244 e. The van der Waals surface area contributed by atoms with Crippen LogP contribution in [0.1, 0.15) is 5.56 Å². The molecule has 0 aliphatic rings. The molecular formula is C12H15ClFNOSi. The molecule has 1 rings (SSSR count). The van der Waals surface area contributed by atoms with Crippen molar-refractivity contribution in [2.24, 2.45) is 4.99 Å². The molecule has 0 fully saturated rings. The molecule has 1 aromatic rings. The topological polar surface area (TPSA) is 21.6 Å². The summed E-state index contributed by atoms with van der Waals surface area (Å²) >= 11 is 5.76. The number of hydrogen-bond donors (Lipinski definition) is 0. The number of hydrogen-bond acceptors (Lipinski definition) is 2. The molecule has 0 aliphatic carbocycles. The van der Waals surface area contributed by atoms with Crippen LogP contribution in [-0.2, 0) is 4.43 Å². The highest BCUT2D eigenvalue weighted by Gasteiger charge is 2.16. The van der Waals surface area contributed by atoms with E-state index in [1.807, 2.05) is 19.6 Å². The fraction of sp³-hybridized carbons (Fsp3) is 0.250. The minimum Gasteiger partial charge on any atom is -0.532 e. The molecule has 0 radical (unpaired) electrons. The lowest BCUT2D eigenvalue weighted by molar-refractivity contribution is 0.421. The van der Waals surface area contributed by atoms with Crippen molar-refractivity contribution in [3.8, 4) is 0 Å². The molecule has 0 N–H and O–H groups in total. The molecule has 0 aliphatic heterocycles. The SMILES string of the molecule is C=C(N=Cc1cc(Cl)ccc1F)O[Si](C)(C)C. The van der Waals surface area contributed by atoms with Gasteiger partial charge in [-0.15, -0.1) is 0 Å². The summed E-state index contributed by atoms with van der Waals surface area (Å²) < 4.78 is 18.9. The largest absolute Gasteiger partial charge is 0.532 e. The first-order chi connectivity index (χ1) is 7.78. The van der Waals surface area contributed by atoms with Gasteiger partial charge in [-0.25, -0.2) is 9.38 Å². The van der Waals surface area contributed by atoms with Crippen molar-refractivity contribution in [2.45, 2.75) is 19.6 Å². The third kappa shape index (κ3) is 5.15. The average molecular weight is 272 g/mol. The van der Waals surface area contributed by atoms with Crippen LogP contribution < -0.4 is 0 Å². The van der Waals surface area contributed by atoms with E-state index in [4.69, 9.17) is 16.0 Å². The first-order valence-electron chi connectivity index (χ1n) is 5.15. The fourth-order valence-corrected chi connectivity index (χ4v) is 2.07. The van der Waals surface area contributed by atoms with Gasteiger partial charge >= 0.3 is 0 Å². The summed E-state index contributed by atoms with van der Waals surface area (Å²) in [5.74, 6) is -0.0810. The second kappa shape index (κ2) is 5.47. The molecule has 0 atom stereocenters. The zero-order valence-electron chi connectivity index (χ0n) is 10.1. The monoisotopic (exact) mass is 271 g/mol. The van der Waals surface area contributed by atoms with Gasteiger partial charge in [0.2, 0.25) is 8.32 Å². The Morgan fingerprint density at radius 1 is 1.47 bits per heavy atom. The van der Waals surface area contributed by atoms with Crippen molar-refractivity contribution < 1.29 is 8.82 Å². The van der Waals surface area contributed by atoms with E-state index in [1.54, 1.807) is 0 Å². The Bertz CT molecular complexity index is 454. The third-order valence-electron chi connectivity index (χ3n) is 1.73. The predicted octanol–water partition coefficient (Wildman–Crippen LogP) is 4.22. The van der Waals surface area contributed by atoms with E-state index in [2.05, 4.69) is 11.6 Å². The zero-order valence-corrected chi connectivity index (χ0v) is 11.9. The van der Waals surface area contributed by atoms with E-state index < -0.39 is 8.32 Å². The summed E-state index contributed by atoms with van der Waals surface area (Å²) in [6, 6.07) is 4.29. The van der Waals surface area contributed by atoms with Gasteiger partial charge in [-0.05, 0) is 44.4 Å². The first-order valence-corrected chi connectivity index (χ1v) is 8.93. The molecule has 0 saturated carbocycles. The van der Waals surface area contributed by atoms with Crippen molar-refractivity contribution in [3.05, 3.63) is 47.1 Å². The molecule has 0 unspecified atom stereocenters. The molecular weight excluding hydrogens is 257 g/mol. The van der Waals surface area contributed by atoms with Gasteiger partial charge in [0.15, 0.2) is 5.88 Å². The van der Waals surface area contributed by atoms with Crippen LogP contribution in [0.2, 0.25) is 24.7 Å². The number of halogens is 2. The van der Waals surface area contributed by atoms with Crippen LogP contribution >= 0.6 is 11.6 Å². The van der Waals surface area contributed by atoms with Crippen LogP contribution in [0.25, 0.3) is 0 Å². The Balaban J connectivity index is 2.77. The number of nitrogens with zero attached hydrogens (tertiary/aromatic N) is 1. The minimum absolute atomic E-state index is 0.295. The highest BCUT2D eigenvalue weighted by atomic mass is 35.5. The van der Waals surface area contributed by atoms with Crippen LogP contribution in [0.4, 0.5) is 4.39 Å². The van der Waals surface area contributed by atoms with E-state index in [1.165, 1.54) is 24.4 Å². The summed E-state index contributed by atoms with van der Waals surface area (Å²) in [7, 11) is -1.72. The molecule has 0 heterocycles. The van der Waals surface area contributed by atoms with Crippen LogP contribution in [0, 0.1) is 5.82 Å². The second-order valence-corrected chi connectivity index (χ2v) is 9.40. The summed E-state index contributed by atoms with van der Waals surface area (Å²) in [6.07, 6.45) is 1.36. The second-order valence-electron chi connectivity index (χ2n) is 4.53. The van der Waals surface area contributed by atoms with E-state index in [0.29, 0.717) is 16.5 Å². The molecule has 0 bridgehead atoms. The van der Waals surface area contributed by atoms with Crippen molar-refractivity contribution in [3.63, 3.8) is 0 Å². The molecule has 0 saturated heterocycles. The van der Waals surface area contributed by atoms with Gasteiger partial charge in [-0.3, -0.25) is 0 Å². The lowest BCUT2D eigenvalue weighted by Gasteiger charge is -2.17. The van der Waals surface area contributed by atoms with Crippen LogP contribution in [0.3, 0.4) is 0 Å². The van der Waals surface area contributed by atoms with Gasteiger partial charge < -0.3 is 4.43 Å². The summed E-state index contributed by atoms with van der Waals surface area (Å²) in [6.45, 7) is 9.73. The Morgan fingerprint density at radius 3 is 2.71 bits per heavy atom. The zero-order chi connectivity index (χ0) is 13.1. The standard InChI is InChI=1S/C12H15ClFNOSi/c1-9(16-17(2,3)4)15-8-10-7-11(13)5-6-12(10)14/h5-8H,1H2,2-4H3. The molecule has 0 amide bonds. The number of rotatable bonds is 4. The van der Waals surface area contributed by atoms with Crippen molar-refractivity contribution in [1.82, 2.24) is 0 Å². The van der Waals surface area contributed by atoms with Crippen molar-refractivity contribution in [2.75, 3.05) is 0 Å². The lowest BCUT2D eigenvalue weighted by Crippen LogP contribution is -2.24. The Kier molecular flexibility index (Phi) is 4.48. The smallest absolute Gasteiger partial charge is 0.244 e. The molecule has 1 aromatic carbocycles. The summed E-state index contributed by atoms with van der Waals surface area (Å²) in [5, 5.41) is 0.463. The Labute approximate surface area is 107 Å². The minimum atomic E-state index is -1.72. The first kappa shape index (κ1) is 13.9. The van der Waals surface area contributed by atoms with Crippen LogP contribution in [0.5, 0.6) is 0 Å². The molecule has 2 nitrogen and oxygen atoms in total. The quantitative estimate of drug-likeness (QED) is 0.456. The number of aliphatic imine (C=N–C) groups is 1. The van der Waals surface area contributed by atoms with Gasteiger partial charge in [0, 0.05) is 16.8 Å². The van der Waals surface area contributed by atoms with Gasteiger partial charge in [0.1, 0.15) is 5.82 Å². The highest BCUT2D eigenvalue weighted by Crippen LogP contribution is 2.14. The van der Waals surface area contributed by atoms with Crippen LogP contribution in [-0.4, -0.2) is 14.5 Å². The third-order valence-corrected chi connectivity index (χ3v) is 2.81. The molecule has 0 aromatic heterocycles. The molecule has 17 heavy (non-hydrogen) atoms. The summed E-state index contributed by atoms with van der Waals surface area (Å²) in [4.78, 5) is 3.98. The predicted molar refractivity (Wildman–Crippen MR) is 72.6 cm³/mol. The van der Waals surface area contributed by atoms with Gasteiger partial charge in [0.05, 0.1) is 0 Å². The van der Waals surface area contributed by atoms with E-state index >= 15 is 0 Å². The highest BCUT2D eigenvalue weighted by molar-refractivity contribution is 6.70. The fourth-order valence-electron chi connectivity index (χ4n) is 1.13. The van der Waals surface area contributed by atoms with Gasteiger partial charge in [0.25, 0.3) is 0 Å². The lowest BCUT2D eigenvalue weighted by atomic mass is 10.2. The molecule has 0 spiro atoms. The Morgan fingerprint density at radius 2 is 2.12 bits per heavy atom.